The van der Waals surface area contributed by atoms with Crippen LogP contribution in [-0.2, 0) is 11.3 Å². The van der Waals surface area contributed by atoms with Crippen molar-refractivity contribution in [2.24, 2.45) is 0 Å². The van der Waals surface area contributed by atoms with Gasteiger partial charge in [0.25, 0.3) is 0 Å². The average molecular weight is 339 g/mol. The first-order valence-electron chi connectivity index (χ1n) is 7.54. The van der Waals surface area contributed by atoms with Gasteiger partial charge >= 0.3 is 0 Å². The fourth-order valence-corrected chi connectivity index (χ4v) is 3.56. The van der Waals surface area contributed by atoms with E-state index in [1.807, 2.05) is 0 Å². The second-order valence-electron chi connectivity index (χ2n) is 5.96. The number of halogens is 1. The maximum absolute atomic E-state index is 5.96. The van der Waals surface area contributed by atoms with E-state index in [4.69, 9.17) is 4.74 Å². The highest BCUT2D eigenvalue weighted by atomic mass is 79.9. The number of ether oxygens (including phenoxy) is 1. The molecule has 1 aromatic carbocycles. The standard InChI is InChI=1S/C16H23BrN2O/c1-12-4-5-13(7-16(12)17)8-18-9-15-10-19-6-2-3-14(19)11-20-15/h4-5,7,14-15,18H,2-3,6,8-11H2,1H3. The molecule has 2 saturated heterocycles. The predicted molar refractivity (Wildman–Crippen MR) is 84.9 cm³/mol. The third-order valence-electron chi connectivity index (χ3n) is 4.40. The third-order valence-corrected chi connectivity index (χ3v) is 5.25. The van der Waals surface area contributed by atoms with E-state index >= 15 is 0 Å². The molecule has 1 N–H and O–H groups in total. The van der Waals surface area contributed by atoms with Crippen LogP contribution >= 0.6 is 15.9 Å². The van der Waals surface area contributed by atoms with Gasteiger partial charge in [-0.15, -0.1) is 0 Å². The van der Waals surface area contributed by atoms with E-state index in [0.717, 1.165) is 26.2 Å². The van der Waals surface area contributed by atoms with Crippen LogP contribution in [0.4, 0.5) is 0 Å². The number of nitrogens with zero attached hydrogens (tertiary/aromatic N) is 1. The lowest BCUT2D eigenvalue weighted by molar-refractivity contribution is -0.0470. The summed E-state index contributed by atoms with van der Waals surface area (Å²) in [5.41, 5.74) is 2.60. The Labute approximate surface area is 129 Å². The molecule has 0 saturated carbocycles. The predicted octanol–water partition coefficient (Wildman–Crippen LogP) is 2.71. The monoisotopic (exact) mass is 338 g/mol. The summed E-state index contributed by atoms with van der Waals surface area (Å²) in [6.45, 7) is 7.23. The maximum Gasteiger partial charge on any atom is 0.0827 e. The van der Waals surface area contributed by atoms with Crippen LogP contribution < -0.4 is 5.32 Å². The topological polar surface area (TPSA) is 24.5 Å². The molecule has 0 amide bonds. The van der Waals surface area contributed by atoms with Gasteiger partial charge in [0.2, 0.25) is 0 Å². The molecule has 1 aromatic rings. The van der Waals surface area contributed by atoms with Gasteiger partial charge in [0.1, 0.15) is 0 Å². The van der Waals surface area contributed by atoms with Gasteiger partial charge in [-0.25, -0.2) is 0 Å². The molecule has 2 atom stereocenters. The fourth-order valence-electron chi connectivity index (χ4n) is 3.13. The summed E-state index contributed by atoms with van der Waals surface area (Å²) in [5, 5.41) is 3.53. The van der Waals surface area contributed by atoms with Crippen LogP contribution in [0.5, 0.6) is 0 Å². The molecule has 2 aliphatic rings. The second kappa shape index (κ2) is 6.56. The Balaban J connectivity index is 1.44. The van der Waals surface area contributed by atoms with Crippen LogP contribution in [0.1, 0.15) is 24.0 Å². The number of nitrogens with one attached hydrogen (secondary N) is 1. The first-order chi connectivity index (χ1) is 9.72. The lowest BCUT2D eigenvalue weighted by Crippen LogP contribution is -2.49. The number of aryl methyl sites for hydroxylation is 1. The minimum absolute atomic E-state index is 0.346. The number of fused-ring (bicyclic) bond motifs is 1. The van der Waals surface area contributed by atoms with Crippen LogP contribution in [0.3, 0.4) is 0 Å². The van der Waals surface area contributed by atoms with Gasteiger partial charge in [0.15, 0.2) is 0 Å². The molecule has 110 valence electrons. The average Bonchev–Trinajstić information content (AvgIpc) is 2.90. The van der Waals surface area contributed by atoms with Gasteiger partial charge in [0.05, 0.1) is 12.7 Å². The second-order valence-corrected chi connectivity index (χ2v) is 6.82. The highest BCUT2D eigenvalue weighted by molar-refractivity contribution is 9.10. The summed E-state index contributed by atoms with van der Waals surface area (Å²) in [6, 6.07) is 7.23. The minimum atomic E-state index is 0.346. The molecule has 2 heterocycles. The van der Waals surface area contributed by atoms with Gasteiger partial charge in [-0.05, 0) is 43.5 Å². The molecule has 3 nitrogen and oxygen atoms in total. The van der Waals surface area contributed by atoms with Crippen molar-refractivity contribution in [1.29, 1.82) is 0 Å². The Morgan fingerprint density at radius 2 is 2.35 bits per heavy atom. The van der Waals surface area contributed by atoms with Crippen molar-refractivity contribution in [3.8, 4) is 0 Å². The van der Waals surface area contributed by atoms with Gasteiger partial charge in [-0.2, -0.15) is 0 Å². The van der Waals surface area contributed by atoms with Crippen LogP contribution in [0, 0.1) is 6.92 Å². The van der Waals surface area contributed by atoms with E-state index in [1.54, 1.807) is 0 Å². The number of rotatable bonds is 4. The smallest absolute Gasteiger partial charge is 0.0827 e. The summed E-state index contributed by atoms with van der Waals surface area (Å²) in [4.78, 5) is 2.60. The Bertz CT molecular complexity index is 466. The van der Waals surface area contributed by atoms with Crippen LogP contribution in [0.2, 0.25) is 0 Å². The van der Waals surface area contributed by atoms with Crippen LogP contribution in [0.15, 0.2) is 22.7 Å². The molecule has 0 radical (unpaired) electrons. The number of morpholine rings is 1. The quantitative estimate of drug-likeness (QED) is 0.913. The summed E-state index contributed by atoms with van der Waals surface area (Å²) >= 11 is 3.59. The molecular weight excluding hydrogens is 316 g/mol. The lowest BCUT2D eigenvalue weighted by Gasteiger charge is -2.35. The van der Waals surface area contributed by atoms with Crippen molar-refractivity contribution >= 4 is 15.9 Å². The Morgan fingerprint density at radius 3 is 3.20 bits per heavy atom. The summed E-state index contributed by atoms with van der Waals surface area (Å²) in [7, 11) is 0. The zero-order chi connectivity index (χ0) is 13.9. The van der Waals surface area contributed by atoms with Crippen molar-refractivity contribution in [3.63, 3.8) is 0 Å². The zero-order valence-corrected chi connectivity index (χ0v) is 13.7. The molecular formula is C16H23BrN2O. The third kappa shape index (κ3) is 3.42. The Hall–Kier alpha value is -0.420. The van der Waals surface area contributed by atoms with Gasteiger partial charge < -0.3 is 10.1 Å². The van der Waals surface area contributed by atoms with E-state index < -0.39 is 0 Å². The lowest BCUT2D eigenvalue weighted by atomic mass is 10.1. The first kappa shape index (κ1) is 14.5. The van der Waals surface area contributed by atoms with Gasteiger partial charge in [-0.3, -0.25) is 4.90 Å². The van der Waals surface area contributed by atoms with E-state index in [2.05, 4.69) is 51.3 Å². The Morgan fingerprint density at radius 1 is 1.45 bits per heavy atom. The molecule has 0 aliphatic carbocycles. The highest BCUT2D eigenvalue weighted by Crippen LogP contribution is 2.22. The van der Waals surface area contributed by atoms with Crippen LogP contribution in [-0.4, -0.2) is 43.3 Å². The van der Waals surface area contributed by atoms with Crippen molar-refractivity contribution in [1.82, 2.24) is 10.2 Å². The first-order valence-corrected chi connectivity index (χ1v) is 8.33. The summed E-state index contributed by atoms with van der Waals surface area (Å²) < 4.78 is 7.14. The van der Waals surface area contributed by atoms with Gasteiger partial charge in [-0.1, -0.05) is 28.1 Å². The molecule has 2 unspecified atom stereocenters. The van der Waals surface area contributed by atoms with Crippen molar-refractivity contribution in [3.05, 3.63) is 33.8 Å². The molecule has 4 heteroatoms. The zero-order valence-electron chi connectivity index (χ0n) is 12.1. The highest BCUT2D eigenvalue weighted by Gasteiger charge is 2.31. The maximum atomic E-state index is 5.96. The van der Waals surface area contributed by atoms with Crippen LogP contribution in [0.25, 0.3) is 0 Å². The number of benzene rings is 1. The molecule has 20 heavy (non-hydrogen) atoms. The Kier molecular flexibility index (Phi) is 4.76. The molecule has 0 aromatic heterocycles. The fraction of sp³-hybridized carbons (Fsp3) is 0.625. The van der Waals surface area contributed by atoms with Gasteiger partial charge in [0, 0.05) is 30.1 Å². The summed E-state index contributed by atoms with van der Waals surface area (Å²) in [6.07, 6.45) is 3.00. The number of hydrogen-bond donors (Lipinski definition) is 1. The summed E-state index contributed by atoms with van der Waals surface area (Å²) in [5.74, 6) is 0. The molecule has 0 bridgehead atoms. The molecule has 2 aliphatic heterocycles. The van der Waals surface area contributed by atoms with E-state index in [-0.39, 0.29) is 0 Å². The largest absolute Gasteiger partial charge is 0.374 e. The van der Waals surface area contributed by atoms with Crippen molar-refractivity contribution < 1.29 is 4.74 Å². The number of hydrogen-bond acceptors (Lipinski definition) is 3. The minimum Gasteiger partial charge on any atom is -0.374 e. The normalized spacial score (nSPS) is 26.7. The van der Waals surface area contributed by atoms with Crippen molar-refractivity contribution in [2.75, 3.05) is 26.2 Å². The molecule has 2 fully saturated rings. The molecule has 3 rings (SSSR count). The SMILES string of the molecule is Cc1ccc(CNCC2CN3CCCC3CO2)cc1Br. The molecule has 0 spiro atoms. The van der Waals surface area contributed by atoms with E-state index in [9.17, 15) is 0 Å². The van der Waals surface area contributed by atoms with E-state index in [1.165, 1.54) is 35.0 Å². The van der Waals surface area contributed by atoms with E-state index in [0.29, 0.717) is 12.1 Å². The van der Waals surface area contributed by atoms with Crippen molar-refractivity contribution in [2.45, 2.75) is 38.5 Å².